The van der Waals surface area contributed by atoms with Gasteiger partial charge in [0.15, 0.2) is 25.2 Å². The Balaban J connectivity index is 1.43. The van der Waals surface area contributed by atoms with Gasteiger partial charge < -0.3 is 105 Å². The lowest BCUT2D eigenvalue weighted by molar-refractivity contribution is -0.387. The van der Waals surface area contributed by atoms with E-state index in [1.54, 1.807) is 0 Å². The molecule has 45 heavy (non-hydrogen) atoms. The molecule has 0 aromatic rings. The summed E-state index contributed by atoms with van der Waals surface area (Å²) in [6.07, 6.45) is -35.3. The molecule has 14 N–H and O–H groups in total. The minimum absolute atomic E-state index is 0.784. The Hall–Kier alpha value is -0.840. The van der Waals surface area contributed by atoms with Crippen LogP contribution in [0.4, 0.5) is 0 Å². The van der Waals surface area contributed by atoms with Crippen LogP contribution in [0.2, 0.25) is 0 Å². The smallest absolute Gasteiger partial charge is 0.187 e. The van der Waals surface area contributed by atoms with E-state index < -0.39 is 149 Å². The Morgan fingerprint density at radius 1 is 0.333 bits per heavy atom. The third-order valence-corrected chi connectivity index (χ3v) is 8.20. The third kappa shape index (κ3) is 7.44. The lowest BCUT2D eigenvalue weighted by Crippen LogP contribution is -2.67. The van der Waals surface area contributed by atoms with Gasteiger partial charge in [-0.1, -0.05) is 0 Å². The Bertz CT molecular complexity index is 910. The molecule has 4 rings (SSSR count). The molecule has 4 aliphatic heterocycles. The maximum absolute atomic E-state index is 10.9. The first-order chi connectivity index (χ1) is 21.3. The van der Waals surface area contributed by atoms with Crippen molar-refractivity contribution in [2.24, 2.45) is 0 Å². The minimum atomic E-state index is -2.02. The largest absolute Gasteiger partial charge is 0.394 e. The predicted octanol–water partition coefficient (Wildman–Crippen LogP) is -9.75. The minimum Gasteiger partial charge on any atom is -0.394 e. The summed E-state index contributed by atoms with van der Waals surface area (Å²) in [6, 6.07) is 0. The van der Waals surface area contributed by atoms with Gasteiger partial charge in [-0.3, -0.25) is 0 Å². The molecule has 4 fully saturated rings. The molecule has 0 aromatic heterocycles. The van der Waals surface area contributed by atoms with Crippen molar-refractivity contribution in [1.82, 2.24) is 0 Å². The van der Waals surface area contributed by atoms with Crippen LogP contribution in [-0.2, 0) is 33.2 Å². The Morgan fingerprint density at radius 2 is 0.644 bits per heavy atom. The highest BCUT2D eigenvalue weighted by atomic mass is 16.8. The molecule has 4 aliphatic rings. The first-order valence-electron chi connectivity index (χ1n) is 14.1. The van der Waals surface area contributed by atoms with Crippen molar-refractivity contribution in [2.75, 3.05) is 26.4 Å². The normalized spacial score (nSPS) is 52.9. The summed E-state index contributed by atoms with van der Waals surface area (Å²) in [5.41, 5.74) is 0. The molecule has 21 heteroatoms. The highest BCUT2D eigenvalue weighted by molar-refractivity contribution is 4.97. The SMILES string of the molecule is OC[C@H]1O[C@@H](O[C@H]2[C@H](O)[C@@H](O)[C@H](O[C@H]3[C@H](O)[C@H](O)[C@H](O[C@H]4[C@H](O)[C@H](O)[C@H](O)O[C@@H]4CO)O[C@@H]3CO)O[C@@H]2CO)[C@@H](O)[C@@H](O)[C@@H]1O. The van der Waals surface area contributed by atoms with Crippen molar-refractivity contribution >= 4 is 0 Å². The van der Waals surface area contributed by atoms with Gasteiger partial charge in [0.1, 0.15) is 97.7 Å². The zero-order chi connectivity index (χ0) is 33.3. The summed E-state index contributed by atoms with van der Waals surface area (Å²) >= 11 is 0. The summed E-state index contributed by atoms with van der Waals surface area (Å²) in [5, 5.41) is 142. The zero-order valence-electron chi connectivity index (χ0n) is 23.5. The topological polar surface area (TPSA) is 348 Å². The maximum atomic E-state index is 10.9. The second-order valence-electron chi connectivity index (χ2n) is 11.1. The molecular weight excluding hydrogens is 624 g/mol. The summed E-state index contributed by atoms with van der Waals surface area (Å²) < 4.78 is 37.7. The first-order valence-corrected chi connectivity index (χ1v) is 14.1. The molecule has 0 amide bonds. The highest BCUT2D eigenvalue weighted by Crippen LogP contribution is 2.34. The second-order valence-corrected chi connectivity index (χ2v) is 11.1. The van der Waals surface area contributed by atoms with E-state index >= 15 is 0 Å². The van der Waals surface area contributed by atoms with Crippen molar-refractivity contribution in [2.45, 2.75) is 123 Å². The Morgan fingerprint density at radius 3 is 1.02 bits per heavy atom. The molecule has 0 aromatic carbocycles. The fourth-order valence-electron chi connectivity index (χ4n) is 5.55. The molecular formula is C24H42O21. The van der Waals surface area contributed by atoms with Crippen LogP contribution in [0.5, 0.6) is 0 Å². The summed E-state index contributed by atoms with van der Waals surface area (Å²) in [7, 11) is 0. The number of hydrogen-bond donors (Lipinski definition) is 14. The number of aliphatic hydroxyl groups excluding tert-OH is 14. The van der Waals surface area contributed by atoms with Crippen molar-refractivity contribution < 1.29 is 105 Å². The summed E-state index contributed by atoms with van der Waals surface area (Å²) in [5.74, 6) is 0. The lowest BCUT2D eigenvalue weighted by Gasteiger charge is -2.49. The van der Waals surface area contributed by atoms with Gasteiger partial charge in [-0.25, -0.2) is 0 Å². The number of rotatable bonds is 10. The van der Waals surface area contributed by atoms with Crippen LogP contribution < -0.4 is 0 Å². The van der Waals surface area contributed by atoms with Gasteiger partial charge in [0, 0.05) is 0 Å². The van der Waals surface area contributed by atoms with Crippen LogP contribution in [0.25, 0.3) is 0 Å². The van der Waals surface area contributed by atoms with E-state index in [4.69, 9.17) is 33.2 Å². The van der Waals surface area contributed by atoms with Crippen molar-refractivity contribution in [3.8, 4) is 0 Å². The average Bonchev–Trinajstić information content (AvgIpc) is 3.03. The molecule has 0 spiro atoms. The predicted molar refractivity (Wildman–Crippen MR) is 134 cm³/mol. The van der Waals surface area contributed by atoms with Gasteiger partial charge in [-0.15, -0.1) is 0 Å². The Labute approximate surface area is 254 Å². The van der Waals surface area contributed by atoms with Crippen LogP contribution >= 0.6 is 0 Å². The summed E-state index contributed by atoms with van der Waals surface area (Å²) in [4.78, 5) is 0. The Kier molecular flexibility index (Phi) is 12.8. The van der Waals surface area contributed by atoms with Crippen LogP contribution in [0, 0.1) is 0 Å². The quantitative estimate of drug-likeness (QED) is 0.103. The van der Waals surface area contributed by atoms with E-state index in [1.807, 2.05) is 0 Å². The number of aliphatic hydroxyl groups is 14. The van der Waals surface area contributed by atoms with Gasteiger partial charge in [0.05, 0.1) is 26.4 Å². The standard InChI is InChI=1S/C24H42O21/c25-1-5-9(29)10(30)15(35)22(40-5)44-19-7(3-27)42-24(17(37)12(19)32)45-20-8(4-28)41-23(16(36)13(20)33)43-18-6(2-26)39-21(38)14(34)11(18)31/h5-38H,1-4H2/t5-,6-,7-,8-,9-,10+,11-,12-,13-,14+,15+,16+,17-,18-,19-,20-,21-,22+,23+,24+/m1/s1. The van der Waals surface area contributed by atoms with E-state index in [0.29, 0.717) is 0 Å². The maximum Gasteiger partial charge on any atom is 0.187 e. The van der Waals surface area contributed by atoms with Gasteiger partial charge >= 0.3 is 0 Å². The average molecular weight is 667 g/mol. The van der Waals surface area contributed by atoms with Gasteiger partial charge in [0.2, 0.25) is 0 Å². The molecule has 0 aliphatic carbocycles. The lowest BCUT2D eigenvalue weighted by atomic mass is 9.95. The molecule has 4 heterocycles. The molecule has 20 atom stereocenters. The van der Waals surface area contributed by atoms with E-state index in [0.717, 1.165) is 0 Å². The van der Waals surface area contributed by atoms with Crippen molar-refractivity contribution in [3.63, 3.8) is 0 Å². The molecule has 21 nitrogen and oxygen atoms in total. The van der Waals surface area contributed by atoms with E-state index in [-0.39, 0.29) is 0 Å². The van der Waals surface area contributed by atoms with Crippen molar-refractivity contribution in [3.05, 3.63) is 0 Å². The molecule has 264 valence electrons. The highest BCUT2D eigenvalue weighted by Gasteiger charge is 2.55. The molecule has 0 unspecified atom stereocenters. The fourth-order valence-corrected chi connectivity index (χ4v) is 5.55. The van der Waals surface area contributed by atoms with Crippen LogP contribution in [0.15, 0.2) is 0 Å². The van der Waals surface area contributed by atoms with Crippen LogP contribution in [0.3, 0.4) is 0 Å². The van der Waals surface area contributed by atoms with Gasteiger partial charge in [-0.2, -0.15) is 0 Å². The molecule has 0 saturated carbocycles. The van der Waals surface area contributed by atoms with Crippen LogP contribution in [0.1, 0.15) is 0 Å². The molecule has 0 bridgehead atoms. The fraction of sp³-hybridized carbons (Fsp3) is 1.00. The third-order valence-electron chi connectivity index (χ3n) is 8.20. The first kappa shape index (κ1) is 37.0. The second kappa shape index (κ2) is 15.6. The molecule has 4 saturated heterocycles. The van der Waals surface area contributed by atoms with E-state index in [1.165, 1.54) is 0 Å². The van der Waals surface area contributed by atoms with Gasteiger partial charge in [0.25, 0.3) is 0 Å². The zero-order valence-corrected chi connectivity index (χ0v) is 23.5. The monoisotopic (exact) mass is 666 g/mol. The molecule has 0 radical (unpaired) electrons. The van der Waals surface area contributed by atoms with Crippen molar-refractivity contribution in [1.29, 1.82) is 0 Å². The van der Waals surface area contributed by atoms with E-state index in [2.05, 4.69) is 0 Å². The van der Waals surface area contributed by atoms with Crippen LogP contribution in [-0.4, -0.2) is 221 Å². The number of hydrogen-bond acceptors (Lipinski definition) is 21. The summed E-state index contributed by atoms with van der Waals surface area (Å²) in [6.45, 7) is -3.39. The van der Waals surface area contributed by atoms with Gasteiger partial charge in [-0.05, 0) is 0 Å². The van der Waals surface area contributed by atoms with E-state index in [9.17, 15) is 71.5 Å². The number of ether oxygens (including phenoxy) is 7.